The molecule has 116 valence electrons. The van der Waals surface area contributed by atoms with Crippen molar-refractivity contribution in [1.82, 2.24) is 20.2 Å². The van der Waals surface area contributed by atoms with Gasteiger partial charge in [0, 0.05) is 13.0 Å². The molecule has 0 unspecified atom stereocenters. The van der Waals surface area contributed by atoms with Gasteiger partial charge in [0.25, 0.3) is 0 Å². The van der Waals surface area contributed by atoms with Crippen LogP contribution in [0.15, 0.2) is 24.3 Å². The predicted octanol–water partition coefficient (Wildman–Crippen LogP) is 2.03. The van der Waals surface area contributed by atoms with Gasteiger partial charge in [0.2, 0.25) is 0 Å². The molecule has 6 nitrogen and oxygen atoms in total. The molecule has 1 aromatic carbocycles. The molecule has 3 heterocycles. The van der Waals surface area contributed by atoms with Crippen LogP contribution in [-0.2, 0) is 11.3 Å². The summed E-state index contributed by atoms with van der Waals surface area (Å²) in [7, 11) is 0. The Labute approximate surface area is 128 Å². The zero-order chi connectivity index (χ0) is 15.0. The van der Waals surface area contributed by atoms with Crippen molar-refractivity contribution in [1.29, 1.82) is 0 Å². The third-order valence-electron chi connectivity index (χ3n) is 4.67. The van der Waals surface area contributed by atoms with Gasteiger partial charge in [-0.2, -0.15) is 0 Å². The van der Waals surface area contributed by atoms with Gasteiger partial charge in [0.05, 0.1) is 24.1 Å². The summed E-state index contributed by atoms with van der Waals surface area (Å²) in [5.74, 6) is 0.999. The van der Waals surface area contributed by atoms with E-state index >= 15 is 0 Å². The number of fused-ring (bicyclic) bond motifs is 1. The van der Waals surface area contributed by atoms with Gasteiger partial charge in [-0.3, -0.25) is 4.90 Å². The highest BCUT2D eigenvalue weighted by molar-refractivity contribution is 5.74. The number of hydrogen-bond acceptors (Lipinski definition) is 4. The maximum absolute atomic E-state index is 11.3. The van der Waals surface area contributed by atoms with E-state index in [-0.39, 0.29) is 11.7 Å². The molecule has 1 amide bonds. The van der Waals surface area contributed by atoms with E-state index in [2.05, 4.69) is 20.2 Å². The first kappa shape index (κ1) is 13.6. The van der Waals surface area contributed by atoms with E-state index in [1.54, 1.807) is 0 Å². The molecule has 1 spiro atoms. The molecule has 4 rings (SSSR count). The second kappa shape index (κ2) is 5.28. The lowest BCUT2D eigenvalue weighted by molar-refractivity contribution is 0.0442. The Morgan fingerprint density at radius 3 is 3.00 bits per heavy atom. The molecule has 2 aromatic rings. The summed E-state index contributed by atoms with van der Waals surface area (Å²) in [5.41, 5.74) is 1.80. The number of likely N-dealkylation sites (tertiary alicyclic amines) is 1. The molecule has 22 heavy (non-hydrogen) atoms. The van der Waals surface area contributed by atoms with Crippen molar-refractivity contribution in [2.24, 2.45) is 0 Å². The lowest BCUT2D eigenvalue weighted by Gasteiger charge is -2.24. The molecule has 2 fully saturated rings. The monoisotopic (exact) mass is 300 g/mol. The summed E-state index contributed by atoms with van der Waals surface area (Å²) >= 11 is 0. The Morgan fingerprint density at radius 2 is 2.18 bits per heavy atom. The predicted molar refractivity (Wildman–Crippen MR) is 82.4 cm³/mol. The first-order chi connectivity index (χ1) is 10.7. The number of ether oxygens (including phenoxy) is 1. The van der Waals surface area contributed by atoms with E-state index in [1.165, 1.54) is 0 Å². The molecule has 0 bridgehead atoms. The number of hydrogen-bond donors (Lipinski definition) is 2. The summed E-state index contributed by atoms with van der Waals surface area (Å²) < 4.78 is 5.52. The maximum Gasteiger partial charge on any atom is 0.407 e. The molecular weight excluding hydrogens is 280 g/mol. The Hall–Kier alpha value is -2.08. The molecule has 0 saturated carbocycles. The lowest BCUT2D eigenvalue weighted by atomic mass is 9.95. The van der Waals surface area contributed by atoms with Crippen LogP contribution in [0.2, 0.25) is 0 Å². The van der Waals surface area contributed by atoms with E-state index in [0.29, 0.717) is 6.54 Å². The molecule has 2 aliphatic heterocycles. The second-order valence-corrected chi connectivity index (χ2v) is 6.26. The zero-order valence-corrected chi connectivity index (χ0v) is 12.5. The Morgan fingerprint density at radius 1 is 1.27 bits per heavy atom. The van der Waals surface area contributed by atoms with Crippen LogP contribution in [0.1, 0.15) is 25.1 Å². The van der Waals surface area contributed by atoms with Crippen LogP contribution in [0.25, 0.3) is 11.0 Å². The number of benzene rings is 1. The number of alkyl carbamates (subject to hydrolysis) is 1. The van der Waals surface area contributed by atoms with Crippen LogP contribution in [-0.4, -0.2) is 46.2 Å². The normalized spacial score (nSPS) is 26.1. The van der Waals surface area contributed by atoms with E-state index in [4.69, 9.17) is 4.74 Å². The standard InChI is InChI=1S/C16H20N4O2/c21-15-17-11-16(22-15)6-3-8-20(9-7-16)10-14-18-12-4-1-2-5-13(12)19-14/h1-2,4-5H,3,6-11H2,(H,17,21)(H,18,19)/t16-/m1/s1. The minimum absolute atomic E-state index is 0.272. The Bertz CT molecular complexity index is 665. The average Bonchev–Trinajstić information content (AvgIpc) is 3.02. The smallest absolute Gasteiger partial charge is 0.407 e. The third kappa shape index (κ3) is 2.54. The van der Waals surface area contributed by atoms with Crippen molar-refractivity contribution in [2.75, 3.05) is 19.6 Å². The molecule has 2 aliphatic rings. The highest BCUT2D eigenvalue weighted by Gasteiger charge is 2.41. The van der Waals surface area contributed by atoms with Crippen LogP contribution >= 0.6 is 0 Å². The fraction of sp³-hybridized carbons (Fsp3) is 0.500. The zero-order valence-electron chi connectivity index (χ0n) is 12.5. The number of H-pyrrole nitrogens is 1. The molecule has 1 atom stereocenters. The van der Waals surface area contributed by atoms with Crippen molar-refractivity contribution >= 4 is 17.1 Å². The van der Waals surface area contributed by atoms with Gasteiger partial charge in [-0.1, -0.05) is 12.1 Å². The van der Waals surface area contributed by atoms with Crippen LogP contribution < -0.4 is 5.32 Å². The summed E-state index contributed by atoms with van der Waals surface area (Å²) in [5, 5.41) is 2.79. The third-order valence-corrected chi connectivity index (χ3v) is 4.67. The largest absolute Gasteiger partial charge is 0.441 e. The Kier molecular flexibility index (Phi) is 3.26. The number of carbonyl (C=O) groups is 1. The number of nitrogens with zero attached hydrogens (tertiary/aromatic N) is 2. The highest BCUT2D eigenvalue weighted by Crippen LogP contribution is 2.29. The fourth-order valence-corrected chi connectivity index (χ4v) is 3.45. The van der Waals surface area contributed by atoms with Gasteiger partial charge in [-0.15, -0.1) is 0 Å². The van der Waals surface area contributed by atoms with Gasteiger partial charge in [-0.25, -0.2) is 9.78 Å². The van der Waals surface area contributed by atoms with Crippen molar-refractivity contribution in [3.05, 3.63) is 30.1 Å². The van der Waals surface area contributed by atoms with Gasteiger partial charge in [0.15, 0.2) is 0 Å². The van der Waals surface area contributed by atoms with Gasteiger partial charge >= 0.3 is 6.09 Å². The van der Waals surface area contributed by atoms with Crippen molar-refractivity contribution in [2.45, 2.75) is 31.4 Å². The van der Waals surface area contributed by atoms with Crippen LogP contribution in [0.5, 0.6) is 0 Å². The van der Waals surface area contributed by atoms with E-state index in [9.17, 15) is 4.79 Å². The number of imidazole rings is 1. The van der Waals surface area contributed by atoms with Gasteiger partial charge in [0.1, 0.15) is 11.4 Å². The summed E-state index contributed by atoms with van der Waals surface area (Å²) in [6, 6.07) is 8.09. The number of rotatable bonds is 2. The first-order valence-corrected chi connectivity index (χ1v) is 7.85. The topological polar surface area (TPSA) is 70.2 Å². The maximum atomic E-state index is 11.3. The molecule has 0 aliphatic carbocycles. The minimum Gasteiger partial charge on any atom is -0.441 e. The Balaban J connectivity index is 1.44. The number of carbonyl (C=O) groups excluding carboxylic acids is 1. The SMILES string of the molecule is O=C1NC[C@]2(CCCN(Cc3nc4ccccc4[nH]3)CC2)O1. The number of para-hydroxylation sites is 2. The fourth-order valence-electron chi connectivity index (χ4n) is 3.45. The number of aromatic amines is 1. The number of aromatic nitrogens is 2. The summed E-state index contributed by atoms with van der Waals surface area (Å²) in [6.45, 7) is 3.39. The lowest BCUT2D eigenvalue weighted by Crippen LogP contribution is -2.34. The van der Waals surface area contributed by atoms with Crippen LogP contribution in [0.3, 0.4) is 0 Å². The molecule has 1 aromatic heterocycles. The average molecular weight is 300 g/mol. The molecule has 2 N–H and O–H groups in total. The van der Waals surface area contributed by atoms with E-state index in [0.717, 1.165) is 55.8 Å². The second-order valence-electron chi connectivity index (χ2n) is 6.26. The molecular formula is C16H20N4O2. The molecule has 0 radical (unpaired) electrons. The quantitative estimate of drug-likeness (QED) is 0.890. The first-order valence-electron chi connectivity index (χ1n) is 7.85. The molecule has 2 saturated heterocycles. The highest BCUT2D eigenvalue weighted by atomic mass is 16.6. The number of amides is 1. The van der Waals surface area contributed by atoms with Crippen molar-refractivity contribution in [3.63, 3.8) is 0 Å². The number of nitrogens with one attached hydrogen (secondary N) is 2. The summed E-state index contributed by atoms with van der Waals surface area (Å²) in [4.78, 5) is 21.8. The minimum atomic E-state index is -0.292. The van der Waals surface area contributed by atoms with Crippen LogP contribution in [0.4, 0.5) is 4.79 Å². The van der Waals surface area contributed by atoms with E-state index < -0.39 is 0 Å². The van der Waals surface area contributed by atoms with Gasteiger partial charge in [-0.05, 0) is 31.5 Å². The van der Waals surface area contributed by atoms with Gasteiger partial charge < -0.3 is 15.0 Å². The van der Waals surface area contributed by atoms with Crippen molar-refractivity contribution < 1.29 is 9.53 Å². The van der Waals surface area contributed by atoms with Crippen molar-refractivity contribution in [3.8, 4) is 0 Å². The molecule has 6 heteroatoms. The van der Waals surface area contributed by atoms with Crippen LogP contribution in [0, 0.1) is 0 Å². The van der Waals surface area contributed by atoms with E-state index in [1.807, 2.05) is 24.3 Å². The summed E-state index contributed by atoms with van der Waals surface area (Å²) in [6.07, 6.45) is 2.58.